The van der Waals surface area contributed by atoms with Crippen molar-refractivity contribution in [2.45, 2.75) is 6.92 Å². The molecule has 0 amide bonds. The Hall–Kier alpha value is 1.11. The molecular weight excluding hydrogens is 231 g/mol. The van der Waals surface area contributed by atoms with Gasteiger partial charge in [0.05, 0.1) is 6.61 Å². The molecule has 0 spiro atoms. The van der Waals surface area contributed by atoms with Gasteiger partial charge in [-0.1, -0.05) is 12.6 Å². The molecule has 0 saturated carbocycles. The van der Waals surface area contributed by atoms with Gasteiger partial charge < -0.3 is 4.74 Å². The normalized spacial score (nSPS) is 6.57. The van der Waals surface area contributed by atoms with Crippen LogP contribution in [0.2, 0.25) is 0 Å². The zero-order valence-electron chi connectivity index (χ0n) is 3.47. The van der Waals surface area contributed by atoms with Crippen molar-refractivity contribution >= 4 is 55.1 Å². The summed E-state index contributed by atoms with van der Waals surface area (Å²) in [5.41, 5.74) is 0. The summed E-state index contributed by atoms with van der Waals surface area (Å²) in [4.78, 5) is 0. The second-order valence-electron chi connectivity index (χ2n) is 0.699. The molecule has 1 nitrogen and oxygen atoms in total. The van der Waals surface area contributed by atoms with Gasteiger partial charge in [-0.15, -0.1) is 0 Å². The quantitative estimate of drug-likeness (QED) is 0.512. The summed E-state index contributed by atoms with van der Waals surface area (Å²) < 4.78 is 4.95. The fourth-order valence-electron chi connectivity index (χ4n) is 0.123. The fraction of sp³-hybridized carbons (Fsp3) is 0.667. The van der Waals surface area contributed by atoms with E-state index in [1.807, 2.05) is 6.92 Å². The first-order chi connectivity index (χ1) is 2.77. The molecule has 0 heterocycles. The average Bonchev–Trinajstić information content (AvgIpc) is 1.35. The summed E-state index contributed by atoms with van der Waals surface area (Å²) in [6.07, 6.45) is 0. The SMILES string of the molecule is CCOC(=S)S.[InH3]. The summed E-state index contributed by atoms with van der Waals surface area (Å²) in [6, 6.07) is 0. The van der Waals surface area contributed by atoms with E-state index in [-0.39, 0.29) is 25.8 Å². The molecule has 0 fully saturated rings. The first-order valence-electron chi connectivity index (χ1n) is 1.63. The van der Waals surface area contributed by atoms with Crippen LogP contribution in [0.15, 0.2) is 0 Å². The van der Waals surface area contributed by atoms with E-state index in [2.05, 4.69) is 29.6 Å². The molecule has 0 atom stereocenters. The summed E-state index contributed by atoms with van der Waals surface area (Å²) in [5.74, 6) is 0. The Kier molecular flexibility index (Phi) is 11.2. The van der Waals surface area contributed by atoms with Gasteiger partial charge in [0.1, 0.15) is 0 Å². The Labute approximate surface area is 73.0 Å². The zero-order valence-corrected chi connectivity index (χ0v) is 5.18. The van der Waals surface area contributed by atoms with Gasteiger partial charge in [0.15, 0.2) is 0 Å². The molecule has 42 valence electrons. The van der Waals surface area contributed by atoms with Crippen LogP contribution in [0.25, 0.3) is 0 Å². The van der Waals surface area contributed by atoms with Gasteiger partial charge in [-0.05, 0) is 19.1 Å². The van der Waals surface area contributed by atoms with Crippen LogP contribution in [-0.2, 0) is 4.74 Å². The van der Waals surface area contributed by atoms with Crippen LogP contribution in [0, 0.1) is 0 Å². The topological polar surface area (TPSA) is 9.23 Å². The predicted molar refractivity (Wildman–Crippen MR) is 43.1 cm³/mol. The average molecular weight is 240 g/mol. The van der Waals surface area contributed by atoms with E-state index in [0.29, 0.717) is 11.0 Å². The second-order valence-corrected chi connectivity index (χ2v) is 1.78. The van der Waals surface area contributed by atoms with E-state index in [1.54, 1.807) is 0 Å². The van der Waals surface area contributed by atoms with E-state index < -0.39 is 0 Å². The van der Waals surface area contributed by atoms with E-state index in [4.69, 9.17) is 0 Å². The van der Waals surface area contributed by atoms with Crippen LogP contribution in [-0.4, -0.2) is 36.8 Å². The van der Waals surface area contributed by atoms with Gasteiger partial charge in [-0.2, -0.15) is 0 Å². The first kappa shape index (κ1) is 11.0. The van der Waals surface area contributed by atoms with Crippen molar-refractivity contribution in [3.05, 3.63) is 0 Å². The van der Waals surface area contributed by atoms with Crippen LogP contribution >= 0.6 is 24.8 Å². The molecule has 0 N–H and O–H groups in total. The Morgan fingerprint density at radius 3 is 2.29 bits per heavy atom. The summed E-state index contributed by atoms with van der Waals surface area (Å²) in [5, 5.41) is 0. The molecule has 0 aromatic rings. The fourth-order valence-corrected chi connectivity index (χ4v) is 0.370. The molecule has 0 aliphatic heterocycles. The summed E-state index contributed by atoms with van der Waals surface area (Å²) >= 11 is 8.12. The number of thiol groups is 1. The molecule has 0 unspecified atom stereocenters. The van der Waals surface area contributed by atoms with Crippen molar-refractivity contribution < 1.29 is 4.74 Å². The van der Waals surface area contributed by atoms with Crippen molar-refractivity contribution in [1.82, 2.24) is 0 Å². The van der Waals surface area contributed by atoms with E-state index in [9.17, 15) is 0 Å². The molecule has 0 rings (SSSR count). The van der Waals surface area contributed by atoms with E-state index in [1.165, 1.54) is 0 Å². The standard InChI is InChI=1S/C3H6OS2.In.3H/c1-2-4-3(5)6;;;;/h2H2,1H3,(H,5,6);;;;. The molecule has 0 saturated heterocycles. The first-order valence-corrected chi connectivity index (χ1v) is 2.48. The Morgan fingerprint density at radius 1 is 1.86 bits per heavy atom. The van der Waals surface area contributed by atoms with Gasteiger partial charge in [-0.3, -0.25) is 0 Å². The number of hydrogen-bond donors (Lipinski definition) is 1. The number of thiocarbonyl (C=S) groups is 1. The number of hydrogen-bond acceptors (Lipinski definition) is 2. The summed E-state index contributed by atoms with van der Waals surface area (Å²) in [7, 11) is 0. The third-order valence-electron chi connectivity index (χ3n) is 0.268. The molecule has 0 aliphatic rings. The molecule has 7 heavy (non-hydrogen) atoms. The molecule has 0 aromatic carbocycles. The minimum atomic E-state index is 0. The predicted octanol–water partition coefficient (Wildman–Crippen LogP) is 0.0537. The maximum absolute atomic E-state index is 4.64. The van der Waals surface area contributed by atoms with Crippen LogP contribution in [0.3, 0.4) is 0 Å². The van der Waals surface area contributed by atoms with Crippen molar-refractivity contribution in [2.75, 3.05) is 6.61 Å². The third kappa shape index (κ3) is 11.0. The Balaban J connectivity index is 0. The zero-order chi connectivity index (χ0) is 4.99. The van der Waals surface area contributed by atoms with Crippen LogP contribution in [0.1, 0.15) is 6.92 Å². The van der Waals surface area contributed by atoms with Crippen LogP contribution in [0.5, 0.6) is 0 Å². The van der Waals surface area contributed by atoms with E-state index in [0.717, 1.165) is 0 Å². The van der Waals surface area contributed by atoms with Gasteiger partial charge in [0.25, 0.3) is 0 Å². The van der Waals surface area contributed by atoms with E-state index >= 15 is 0 Å². The molecule has 0 bridgehead atoms. The molecule has 4 heteroatoms. The minimum absolute atomic E-state index is 0. The molecule has 0 aliphatic carbocycles. The molecule has 0 aromatic heterocycles. The van der Waals surface area contributed by atoms with Crippen molar-refractivity contribution in [1.29, 1.82) is 0 Å². The van der Waals surface area contributed by atoms with Crippen molar-refractivity contribution in [2.24, 2.45) is 0 Å². The van der Waals surface area contributed by atoms with Crippen LogP contribution in [0.4, 0.5) is 0 Å². The van der Waals surface area contributed by atoms with Crippen molar-refractivity contribution in [3.63, 3.8) is 0 Å². The van der Waals surface area contributed by atoms with Gasteiger partial charge in [-0.25, -0.2) is 0 Å². The second kappa shape index (κ2) is 7.11. The third-order valence-corrected chi connectivity index (χ3v) is 0.515. The van der Waals surface area contributed by atoms with Gasteiger partial charge >= 0.3 is 25.8 Å². The molecule has 0 radical (unpaired) electrons. The summed E-state index contributed by atoms with van der Waals surface area (Å²) in [6.45, 7) is 2.48. The maximum atomic E-state index is 4.64. The monoisotopic (exact) mass is 240 g/mol. The van der Waals surface area contributed by atoms with Crippen molar-refractivity contribution in [3.8, 4) is 0 Å². The number of rotatable bonds is 1. The Morgan fingerprint density at radius 2 is 2.29 bits per heavy atom. The van der Waals surface area contributed by atoms with Gasteiger partial charge in [0.2, 0.25) is 4.38 Å². The van der Waals surface area contributed by atoms with Gasteiger partial charge in [0, 0.05) is 0 Å². The Bertz CT molecular complexity index is 56.9. The molecular formula is C3H9InOS2. The van der Waals surface area contributed by atoms with Crippen LogP contribution < -0.4 is 0 Å². The number of ether oxygens (including phenoxy) is 1.